The quantitative estimate of drug-likeness (QED) is 0.454. The van der Waals surface area contributed by atoms with E-state index in [0.29, 0.717) is 6.07 Å². The SMILES string of the molecule is CCSCCC(C)Nc1ccc(C(F)(F)F)cc1[N+](=O)[O-]. The molecule has 4 nitrogen and oxygen atoms in total. The smallest absolute Gasteiger partial charge is 0.377 e. The normalized spacial score (nSPS) is 13.0. The number of nitro benzene ring substituents is 1. The molecule has 0 aliphatic heterocycles. The third kappa shape index (κ3) is 5.45. The summed E-state index contributed by atoms with van der Waals surface area (Å²) >= 11 is 1.74. The highest BCUT2D eigenvalue weighted by molar-refractivity contribution is 7.99. The Morgan fingerprint density at radius 3 is 2.62 bits per heavy atom. The number of anilines is 1. The first-order valence-electron chi connectivity index (χ1n) is 6.45. The van der Waals surface area contributed by atoms with E-state index < -0.39 is 22.4 Å². The molecule has 1 atom stereocenters. The van der Waals surface area contributed by atoms with Crippen LogP contribution < -0.4 is 5.32 Å². The molecule has 0 heterocycles. The molecule has 21 heavy (non-hydrogen) atoms. The van der Waals surface area contributed by atoms with Gasteiger partial charge < -0.3 is 5.32 Å². The Bertz CT molecular complexity index is 495. The number of hydrogen-bond donors (Lipinski definition) is 1. The predicted octanol–water partition coefficient (Wildman–Crippen LogP) is 4.56. The zero-order valence-corrected chi connectivity index (χ0v) is 12.6. The number of nitrogens with one attached hydrogen (secondary N) is 1. The average Bonchev–Trinajstić information content (AvgIpc) is 2.37. The highest BCUT2D eigenvalue weighted by Crippen LogP contribution is 2.35. The number of alkyl halides is 3. The van der Waals surface area contributed by atoms with E-state index in [-0.39, 0.29) is 11.7 Å². The lowest BCUT2D eigenvalue weighted by Crippen LogP contribution is -2.17. The minimum Gasteiger partial charge on any atom is -0.377 e. The first-order chi connectivity index (χ1) is 9.75. The van der Waals surface area contributed by atoms with Gasteiger partial charge >= 0.3 is 6.18 Å². The molecule has 0 bridgehead atoms. The third-order valence-electron chi connectivity index (χ3n) is 2.82. The molecule has 0 saturated heterocycles. The van der Waals surface area contributed by atoms with Crippen LogP contribution in [0, 0.1) is 10.1 Å². The lowest BCUT2D eigenvalue weighted by atomic mass is 10.1. The molecule has 1 aromatic rings. The number of hydrogen-bond acceptors (Lipinski definition) is 4. The highest BCUT2D eigenvalue weighted by atomic mass is 32.2. The van der Waals surface area contributed by atoms with E-state index in [9.17, 15) is 23.3 Å². The average molecular weight is 322 g/mol. The van der Waals surface area contributed by atoms with Crippen LogP contribution in [0.5, 0.6) is 0 Å². The van der Waals surface area contributed by atoms with Crippen LogP contribution in [0.3, 0.4) is 0 Å². The summed E-state index contributed by atoms with van der Waals surface area (Å²) in [6.45, 7) is 3.88. The van der Waals surface area contributed by atoms with Crippen LogP contribution in [0.2, 0.25) is 0 Å². The van der Waals surface area contributed by atoms with Gasteiger partial charge in [-0.1, -0.05) is 6.92 Å². The fourth-order valence-electron chi connectivity index (χ4n) is 1.72. The van der Waals surface area contributed by atoms with E-state index in [1.54, 1.807) is 11.8 Å². The monoisotopic (exact) mass is 322 g/mol. The minimum atomic E-state index is -4.59. The molecule has 0 saturated carbocycles. The topological polar surface area (TPSA) is 55.2 Å². The van der Waals surface area contributed by atoms with Crippen LogP contribution in [-0.2, 0) is 6.18 Å². The molecular weight excluding hydrogens is 305 g/mol. The first-order valence-corrected chi connectivity index (χ1v) is 7.61. The van der Waals surface area contributed by atoms with Crippen molar-refractivity contribution in [3.63, 3.8) is 0 Å². The number of rotatable bonds is 7. The summed E-state index contributed by atoms with van der Waals surface area (Å²) in [6.07, 6.45) is -3.82. The van der Waals surface area contributed by atoms with Gasteiger partial charge in [0.15, 0.2) is 0 Å². The van der Waals surface area contributed by atoms with E-state index >= 15 is 0 Å². The van der Waals surface area contributed by atoms with E-state index in [2.05, 4.69) is 5.32 Å². The van der Waals surface area contributed by atoms with Crippen LogP contribution >= 0.6 is 11.8 Å². The fraction of sp³-hybridized carbons (Fsp3) is 0.538. The van der Waals surface area contributed by atoms with Crippen LogP contribution in [0.15, 0.2) is 18.2 Å². The zero-order chi connectivity index (χ0) is 16.0. The van der Waals surface area contributed by atoms with E-state index in [0.717, 1.165) is 30.1 Å². The highest BCUT2D eigenvalue weighted by Gasteiger charge is 2.33. The summed E-state index contributed by atoms with van der Waals surface area (Å²) in [5, 5.41) is 13.8. The number of halogens is 3. The number of thioether (sulfide) groups is 1. The molecular formula is C13H17F3N2O2S. The molecule has 0 spiro atoms. The van der Waals surface area contributed by atoms with Crippen LogP contribution in [0.1, 0.15) is 25.8 Å². The predicted molar refractivity (Wildman–Crippen MR) is 78.8 cm³/mol. The Morgan fingerprint density at radius 2 is 2.10 bits per heavy atom. The third-order valence-corrected chi connectivity index (χ3v) is 3.76. The Labute approximate surface area is 125 Å². The van der Waals surface area contributed by atoms with Crippen molar-refractivity contribution in [2.45, 2.75) is 32.5 Å². The van der Waals surface area contributed by atoms with Crippen molar-refractivity contribution in [2.24, 2.45) is 0 Å². The fourth-order valence-corrected chi connectivity index (χ4v) is 2.53. The van der Waals surface area contributed by atoms with Crippen molar-refractivity contribution in [3.8, 4) is 0 Å². The molecule has 0 fully saturated rings. The van der Waals surface area contributed by atoms with Gasteiger partial charge in [0.1, 0.15) is 5.69 Å². The standard InChI is InChI=1S/C13H17F3N2O2S/c1-3-21-7-6-9(2)17-11-5-4-10(13(14,15)16)8-12(11)18(19)20/h4-5,8-9,17H,3,6-7H2,1-2H3. The maximum atomic E-state index is 12.6. The Kier molecular flexibility index (Phi) is 6.32. The zero-order valence-electron chi connectivity index (χ0n) is 11.7. The van der Waals surface area contributed by atoms with Crippen LogP contribution in [0.25, 0.3) is 0 Å². The Hall–Kier alpha value is -1.44. The lowest BCUT2D eigenvalue weighted by molar-refractivity contribution is -0.384. The number of nitrogens with zero attached hydrogens (tertiary/aromatic N) is 1. The molecule has 8 heteroatoms. The van der Waals surface area contributed by atoms with E-state index in [1.807, 2.05) is 13.8 Å². The van der Waals surface area contributed by atoms with Gasteiger partial charge in [0, 0.05) is 12.1 Å². The molecule has 0 radical (unpaired) electrons. The molecule has 1 aromatic carbocycles. The lowest BCUT2D eigenvalue weighted by Gasteiger charge is -2.16. The molecule has 118 valence electrons. The van der Waals surface area contributed by atoms with Gasteiger partial charge in [0.2, 0.25) is 0 Å². The maximum Gasteiger partial charge on any atom is 0.416 e. The van der Waals surface area contributed by atoms with Crippen molar-refractivity contribution in [1.29, 1.82) is 0 Å². The molecule has 1 N–H and O–H groups in total. The summed E-state index contributed by atoms with van der Waals surface area (Å²) in [7, 11) is 0. The second kappa shape index (κ2) is 7.53. The van der Waals surface area contributed by atoms with Crippen LogP contribution in [-0.4, -0.2) is 22.5 Å². The molecule has 0 aromatic heterocycles. The summed E-state index contributed by atoms with van der Waals surface area (Å²) in [6, 6.07) is 2.47. The number of benzene rings is 1. The maximum absolute atomic E-state index is 12.6. The van der Waals surface area contributed by atoms with Crippen molar-refractivity contribution in [1.82, 2.24) is 0 Å². The van der Waals surface area contributed by atoms with Crippen LogP contribution in [0.4, 0.5) is 24.5 Å². The van der Waals surface area contributed by atoms with Gasteiger partial charge in [-0.25, -0.2) is 0 Å². The van der Waals surface area contributed by atoms with E-state index in [1.165, 1.54) is 0 Å². The van der Waals surface area contributed by atoms with Crippen molar-refractivity contribution in [2.75, 3.05) is 16.8 Å². The summed E-state index contributed by atoms with van der Waals surface area (Å²) in [5.41, 5.74) is -1.46. The summed E-state index contributed by atoms with van der Waals surface area (Å²) < 4.78 is 37.8. The number of nitro groups is 1. The van der Waals surface area contributed by atoms with Gasteiger partial charge in [-0.2, -0.15) is 24.9 Å². The van der Waals surface area contributed by atoms with Gasteiger partial charge in [-0.15, -0.1) is 0 Å². The summed E-state index contributed by atoms with van der Waals surface area (Å²) in [4.78, 5) is 10.1. The minimum absolute atomic E-state index is 0.0560. The van der Waals surface area contributed by atoms with E-state index in [4.69, 9.17) is 0 Å². The molecule has 0 aliphatic rings. The summed E-state index contributed by atoms with van der Waals surface area (Å²) in [5.74, 6) is 1.87. The van der Waals surface area contributed by atoms with Crippen molar-refractivity contribution in [3.05, 3.63) is 33.9 Å². The van der Waals surface area contributed by atoms with Gasteiger partial charge in [0.25, 0.3) is 5.69 Å². The molecule has 1 unspecified atom stereocenters. The van der Waals surface area contributed by atoms with Gasteiger partial charge in [-0.3, -0.25) is 10.1 Å². The van der Waals surface area contributed by atoms with Gasteiger partial charge in [-0.05, 0) is 37.0 Å². The molecule has 1 rings (SSSR count). The van der Waals surface area contributed by atoms with Crippen molar-refractivity contribution >= 4 is 23.1 Å². The Morgan fingerprint density at radius 1 is 1.43 bits per heavy atom. The Balaban J connectivity index is 2.89. The molecule has 0 amide bonds. The largest absolute Gasteiger partial charge is 0.416 e. The first kappa shape index (κ1) is 17.6. The molecule has 0 aliphatic carbocycles. The van der Waals surface area contributed by atoms with Gasteiger partial charge in [0.05, 0.1) is 10.5 Å². The second-order valence-corrected chi connectivity index (χ2v) is 5.91. The second-order valence-electron chi connectivity index (χ2n) is 4.52. The van der Waals surface area contributed by atoms with Crippen molar-refractivity contribution < 1.29 is 18.1 Å².